The van der Waals surface area contributed by atoms with Crippen LogP contribution < -0.4 is 0 Å². The Labute approximate surface area is 150 Å². The van der Waals surface area contributed by atoms with Crippen LogP contribution >= 0.6 is 11.6 Å². The summed E-state index contributed by atoms with van der Waals surface area (Å²) in [6.07, 6.45) is -0.806. The van der Waals surface area contributed by atoms with Crippen molar-refractivity contribution in [2.45, 2.75) is 32.4 Å². The Morgan fingerprint density at radius 2 is 2.12 bits per heavy atom. The van der Waals surface area contributed by atoms with Crippen LogP contribution in [0.2, 0.25) is 5.02 Å². The molecule has 138 valence electrons. The molecule has 0 aromatic heterocycles. The third-order valence-corrected chi connectivity index (χ3v) is 6.04. The third kappa shape index (κ3) is 4.70. The number of amides is 1. The zero-order valence-corrected chi connectivity index (χ0v) is 15.4. The number of likely N-dealkylation sites (N-methyl/N-ethyl adjacent to an activating group) is 1. The number of benzene rings is 1. The van der Waals surface area contributed by atoms with Crippen LogP contribution in [0.1, 0.15) is 30.6 Å². The van der Waals surface area contributed by atoms with Gasteiger partial charge in [-0.3, -0.25) is 4.79 Å². The molecule has 1 aromatic carbocycles. The van der Waals surface area contributed by atoms with Crippen LogP contribution in [-0.2, 0) is 19.4 Å². The molecule has 2 atom stereocenters. The van der Waals surface area contributed by atoms with Gasteiger partial charge in [0.2, 0.25) is 0 Å². The Kier molecular flexibility index (Phi) is 6.05. The van der Waals surface area contributed by atoms with Crippen molar-refractivity contribution >= 4 is 33.3 Å². The van der Waals surface area contributed by atoms with Gasteiger partial charge >= 0.3 is 5.97 Å². The van der Waals surface area contributed by atoms with Crippen molar-refractivity contribution in [2.75, 3.05) is 18.1 Å². The van der Waals surface area contributed by atoms with Gasteiger partial charge in [-0.1, -0.05) is 11.6 Å². The van der Waals surface area contributed by atoms with E-state index in [0.717, 1.165) is 6.07 Å². The summed E-state index contributed by atoms with van der Waals surface area (Å²) in [5, 5.41) is 0.137. The Morgan fingerprint density at radius 3 is 2.64 bits per heavy atom. The van der Waals surface area contributed by atoms with Gasteiger partial charge in [0.1, 0.15) is 5.82 Å². The summed E-state index contributed by atoms with van der Waals surface area (Å²) in [7, 11) is -3.15. The summed E-state index contributed by atoms with van der Waals surface area (Å²) in [6.45, 7) is 3.38. The number of halogens is 2. The highest BCUT2D eigenvalue weighted by Crippen LogP contribution is 2.20. The van der Waals surface area contributed by atoms with Crippen LogP contribution in [-0.4, -0.2) is 55.4 Å². The van der Waals surface area contributed by atoms with Gasteiger partial charge in [0.05, 0.1) is 17.1 Å². The SMILES string of the molecule is CCN(C(=O)[C@@H](C)OC(=O)c1ccc(Cl)cc1F)[C@@H]1CCS(=O)(=O)C1. The van der Waals surface area contributed by atoms with Crippen LogP contribution in [0.3, 0.4) is 0 Å². The molecule has 1 heterocycles. The second-order valence-electron chi connectivity index (χ2n) is 5.85. The lowest BCUT2D eigenvalue weighted by Gasteiger charge is -2.29. The Morgan fingerprint density at radius 1 is 1.44 bits per heavy atom. The number of hydrogen-bond donors (Lipinski definition) is 0. The van der Waals surface area contributed by atoms with Gasteiger partial charge in [0, 0.05) is 17.6 Å². The van der Waals surface area contributed by atoms with Crippen LogP contribution in [0.15, 0.2) is 18.2 Å². The number of nitrogens with zero attached hydrogens (tertiary/aromatic N) is 1. The number of carbonyl (C=O) groups excluding carboxylic acids is 2. The van der Waals surface area contributed by atoms with Crippen molar-refractivity contribution in [3.63, 3.8) is 0 Å². The van der Waals surface area contributed by atoms with E-state index < -0.39 is 39.7 Å². The first-order chi connectivity index (χ1) is 11.6. The number of sulfone groups is 1. The number of hydrogen-bond acceptors (Lipinski definition) is 5. The number of esters is 1. The zero-order chi connectivity index (χ0) is 18.8. The summed E-state index contributed by atoms with van der Waals surface area (Å²) in [6, 6.07) is 3.07. The topological polar surface area (TPSA) is 80.8 Å². The fourth-order valence-corrected chi connectivity index (χ4v) is 4.67. The molecule has 0 bridgehead atoms. The van der Waals surface area contributed by atoms with Crippen molar-refractivity contribution in [3.8, 4) is 0 Å². The number of ether oxygens (including phenoxy) is 1. The fraction of sp³-hybridized carbons (Fsp3) is 0.500. The summed E-state index contributed by atoms with van der Waals surface area (Å²) < 4.78 is 42.0. The molecule has 25 heavy (non-hydrogen) atoms. The van der Waals surface area contributed by atoms with Crippen LogP contribution in [0.25, 0.3) is 0 Å². The molecule has 0 N–H and O–H groups in total. The lowest BCUT2D eigenvalue weighted by molar-refractivity contribution is -0.141. The Bertz CT molecular complexity index is 783. The maximum atomic E-state index is 13.8. The molecule has 1 amide bonds. The Balaban J connectivity index is 2.06. The van der Waals surface area contributed by atoms with Crippen LogP contribution in [0.5, 0.6) is 0 Å². The summed E-state index contributed by atoms with van der Waals surface area (Å²) in [5.74, 6) is -2.39. The standard InChI is InChI=1S/C16H19ClFNO5S/c1-3-19(12-6-7-25(22,23)9-12)15(20)10(2)24-16(21)13-5-4-11(17)8-14(13)18/h4-5,8,10,12H,3,6-7,9H2,1-2H3/t10-,12-/m1/s1. The van der Waals surface area contributed by atoms with E-state index in [1.807, 2.05) is 0 Å². The van der Waals surface area contributed by atoms with Crippen molar-refractivity contribution in [3.05, 3.63) is 34.6 Å². The first-order valence-corrected chi connectivity index (χ1v) is 10.0. The molecule has 9 heteroatoms. The second kappa shape index (κ2) is 7.70. The molecular formula is C16H19ClFNO5S. The van der Waals surface area contributed by atoms with Gasteiger partial charge in [-0.25, -0.2) is 17.6 Å². The lowest BCUT2D eigenvalue weighted by atomic mass is 10.2. The van der Waals surface area contributed by atoms with E-state index in [1.54, 1.807) is 6.92 Å². The minimum Gasteiger partial charge on any atom is -0.449 e. The first-order valence-electron chi connectivity index (χ1n) is 7.81. The summed E-state index contributed by atoms with van der Waals surface area (Å²) >= 11 is 5.63. The molecule has 1 aromatic rings. The van der Waals surface area contributed by atoms with Crippen LogP contribution in [0, 0.1) is 5.82 Å². The van der Waals surface area contributed by atoms with E-state index in [-0.39, 0.29) is 28.6 Å². The molecule has 1 saturated heterocycles. The van der Waals surface area contributed by atoms with Crippen LogP contribution in [0.4, 0.5) is 4.39 Å². The van der Waals surface area contributed by atoms with Gasteiger partial charge in [0.25, 0.3) is 5.91 Å². The lowest BCUT2D eigenvalue weighted by Crippen LogP contribution is -2.46. The molecule has 0 saturated carbocycles. The second-order valence-corrected chi connectivity index (χ2v) is 8.52. The molecule has 1 aliphatic rings. The quantitative estimate of drug-likeness (QED) is 0.718. The van der Waals surface area contributed by atoms with E-state index in [0.29, 0.717) is 6.42 Å². The molecule has 1 aliphatic heterocycles. The highest BCUT2D eigenvalue weighted by atomic mass is 35.5. The van der Waals surface area contributed by atoms with Gasteiger partial charge in [-0.15, -0.1) is 0 Å². The molecule has 0 radical (unpaired) electrons. The van der Waals surface area contributed by atoms with E-state index in [1.165, 1.54) is 24.0 Å². The molecule has 0 aliphatic carbocycles. The van der Waals surface area contributed by atoms with E-state index >= 15 is 0 Å². The smallest absolute Gasteiger partial charge is 0.341 e. The van der Waals surface area contributed by atoms with Crippen molar-refractivity contribution in [2.24, 2.45) is 0 Å². The van der Waals surface area contributed by atoms with Crippen molar-refractivity contribution < 1.29 is 27.1 Å². The minimum absolute atomic E-state index is 0.0333. The molecule has 0 unspecified atom stereocenters. The average Bonchev–Trinajstić information content (AvgIpc) is 2.87. The zero-order valence-electron chi connectivity index (χ0n) is 13.9. The maximum absolute atomic E-state index is 13.8. The predicted octanol–water partition coefficient (Wildman–Crippen LogP) is 2.06. The fourth-order valence-electron chi connectivity index (χ4n) is 2.78. The van der Waals surface area contributed by atoms with Gasteiger partial charge < -0.3 is 9.64 Å². The van der Waals surface area contributed by atoms with E-state index in [9.17, 15) is 22.4 Å². The maximum Gasteiger partial charge on any atom is 0.341 e. The third-order valence-electron chi connectivity index (χ3n) is 4.06. The molecule has 2 rings (SSSR count). The normalized spacial score (nSPS) is 20.1. The van der Waals surface area contributed by atoms with Gasteiger partial charge in [0.15, 0.2) is 15.9 Å². The van der Waals surface area contributed by atoms with E-state index in [2.05, 4.69) is 0 Å². The molecule has 0 spiro atoms. The largest absolute Gasteiger partial charge is 0.449 e. The molecular weight excluding hydrogens is 373 g/mol. The van der Waals surface area contributed by atoms with Gasteiger partial charge in [-0.05, 0) is 38.5 Å². The van der Waals surface area contributed by atoms with Gasteiger partial charge in [-0.2, -0.15) is 0 Å². The monoisotopic (exact) mass is 391 g/mol. The Hall–Kier alpha value is -1.67. The summed E-state index contributed by atoms with van der Waals surface area (Å²) in [4.78, 5) is 26.0. The minimum atomic E-state index is -3.15. The first kappa shape index (κ1) is 19.7. The average molecular weight is 392 g/mol. The number of rotatable bonds is 5. The van der Waals surface area contributed by atoms with Crippen molar-refractivity contribution in [1.82, 2.24) is 4.90 Å². The molecule has 1 fully saturated rings. The highest BCUT2D eigenvalue weighted by Gasteiger charge is 2.36. The highest BCUT2D eigenvalue weighted by molar-refractivity contribution is 7.91. The molecule has 6 nitrogen and oxygen atoms in total. The van der Waals surface area contributed by atoms with E-state index in [4.69, 9.17) is 16.3 Å². The number of carbonyl (C=O) groups is 2. The van der Waals surface area contributed by atoms with Crippen molar-refractivity contribution in [1.29, 1.82) is 0 Å². The summed E-state index contributed by atoms with van der Waals surface area (Å²) in [5.41, 5.74) is -0.324. The predicted molar refractivity (Wildman–Crippen MR) is 90.7 cm³/mol.